The number of amides is 3. The van der Waals surface area contributed by atoms with Gasteiger partial charge < -0.3 is 9.84 Å². The monoisotopic (exact) mass is 394 g/mol. The molecule has 0 saturated carbocycles. The average Bonchev–Trinajstić information content (AvgIpc) is 3.37. The summed E-state index contributed by atoms with van der Waals surface area (Å²) < 4.78 is 5.26. The number of hydrogen-bond donors (Lipinski definition) is 1. The van der Waals surface area contributed by atoms with Gasteiger partial charge in [0.05, 0.1) is 0 Å². The van der Waals surface area contributed by atoms with E-state index in [0.29, 0.717) is 22.8 Å². The molecule has 2 aromatic carbocycles. The quantitative estimate of drug-likeness (QED) is 0.688. The first-order valence-electron chi connectivity index (χ1n) is 8.88. The van der Waals surface area contributed by atoms with Gasteiger partial charge in [0, 0.05) is 10.6 Å². The van der Waals surface area contributed by atoms with Gasteiger partial charge in [-0.25, -0.2) is 4.79 Å². The zero-order valence-electron chi connectivity index (χ0n) is 14.7. The van der Waals surface area contributed by atoms with E-state index in [-0.39, 0.29) is 18.3 Å². The number of rotatable bonds is 3. The molecule has 140 valence electrons. The van der Waals surface area contributed by atoms with Gasteiger partial charge in [0.25, 0.3) is 5.91 Å². The van der Waals surface area contributed by atoms with Crippen LogP contribution in [0.4, 0.5) is 4.79 Å². The highest BCUT2D eigenvalue weighted by Gasteiger charge is 2.55. The molecular formula is C20H15ClN4O3. The molecule has 1 fully saturated rings. The van der Waals surface area contributed by atoms with Gasteiger partial charge in [-0.15, -0.1) is 0 Å². The molecule has 1 saturated heterocycles. The Balaban J connectivity index is 1.41. The SMILES string of the molecule is O=C1N[C@@]2(CCc3ccccc32)C(=O)N1Cc1nc(-c2cccc(Cl)c2)no1. The van der Waals surface area contributed by atoms with Gasteiger partial charge in [-0.3, -0.25) is 9.69 Å². The second kappa shape index (κ2) is 6.17. The van der Waals surface area contributed by atoms with E-state index in [1.807, 2.05) is 24.3 Å². The summed E-state index contributed by atoms with van der Waals surface area (Å²) in [6, 6.07) is 14.3. The van der Waals surface area contributed by atoms with Crippen molar-refractivity contribution in [1.29, 1.82) is 0 Å². The lowest BCUT2D eigenvalue weighted by atomic mass is 9.92. The van der Waals surface area contributed by atoms with E-state index in [0.717, 1.165) is 22.4 Å². The number of nitrogens with zero attached hydrogens (tertiary/aromatic N) is 3. The molecule has 1 aromatic heterocycles. The van der Waals surface area contributed by atoms with Crippen molar-refractivity contribution in [1.82, 2.24) is 20.4 Å². The maximum Gasteiger partial charge on any atom is 0.325 e. The van der Waals surface area contributed by atoms with Crippen LogP contribution in [0.1, 0.15) is 23.4 Å². The van der Waals surface area contributed by atoms with Gasteiger partial charge >= 0.3 is 6.03 Å². The highest BCUT2D eigenvalue weighted by molar-refractivity contribution is 6.30. The second-order valence-corrected chi connectivity index (χ2v) is 7.34. The van der Waals surface area contributed by atoms with Gasteiger partial charge in [0.2, 0.25) is 11.7 Å². The van der Waals surface area contributed by atoms with E-state index in [4.69, 9.17) is 16.1 Å². The van der Waals surface area contributed by atoms with Crippen molar-refractivity contribution in [3.05, 3.63) is 70.6 Å². The normalized spacial score (nSPS) is 20.7. The van der Waals surface area contributed by atoms with Gasteiger partial charge in [-0.2, -0.15) is 4.98 Å². The van der Waals surface area contributed by atoms with Crippen molar-refractivity contribution in [3.63, 3.8) is 0 Å². The van der Waals surface area contributed by atoms with Gasteiger partial charge in [0.15, 0.2) is 0 Å². The number of fused-ring (bicyclic) bond motifs is 2. The average molecular weight is 395 g/mol. The molecule has 0 radical (unpaired) electrons. The zero-order valence-corrected chi connectivity index (χ0v) is 15.4. The molecule has 1 aliphatic carbocycles. The number of benzene rings is 2. The number of carbonyl (C=O) groups is 2. The molecule has 0 bridgehead atoms. The predicted octanol–water partition coefficient (Wildman–Crippen LogP) is 3.28. The van der Waals surface area contributed by atoms with Crippen LogP contribution < -0.4 is 5.32 Å². The third kappa shape index (κ3) is 2.51. The molecule has 5 rings (SSSR count). The molecule has 1 atom stereocenters. The van der Waals surface area contributed by atoms with Crippen LogP contribution in [0.15, 0.2) is 53.1 Å². The Kier molecular flexibility index (Phi) is 3.73. The van der Waals surface area contributed by atoms with Crippen LogP contribution in [0.3, 0.4) is 0 Å². The van der Waals surface area contributed by atoms with E-state index in [1.54, 1.807) is 24.3 Å². The van der Waals surface area contributed by atoms with Gasteiger partial charge in [-0.1, -0.05) is 53.2 Å². The van der Waals surface area contributed by atoms with Crippen LogP contribution in [0.2, 0.25) is 5.02 Å². The van der Waals surface area contributed by atoms with Gasteiger partial charge in [0.1, 0.15) is 12.1 Å². The summed E-state index contributed by atoms with van der Waals surface area (Å²) in [6.07, 6.45) is 1.29. The number of hydrogen-bond acceptors (Lipinski definition) is 5. The highest BCUT2D eigenvalue weighted by Crippen LogP contribution is 2.41. The zero-order chi connectivity index (χ0) is 19.3. The predicted molar refractivity (Wildman–Crippen MR) is 100 cm³/mol. The van der Waals surface area contributed by atoms with Crippen LogP contribution in [0.25, 0.3) is 11.4 Å². The lowest BCUT2D eigenvalue weighted by Crippen LogP contribution is -2.41. The number of carbonyl (C=O) groups excluding carboxylic acids is 2. The maximum absolute atomic E-state index is 13.2. The topological polar surface area (TPSA) is 88.3 Å². The van der Waals surface area contributed by atoms with E-state index in [2.05, 4.69) is 15.5 Å². The van der Waals surface area contributed by atoms with Crippen LogP contribution in [-0.4, -0.2) is 27.0 Å². The molecule has 8 heteroatoms. The summed E-state index contributed by atoms with van der Waals surface area (Å²) in [7, 11) is 0. The minimum absolute atomic E-state index is 0.0812. The summed E-state index contributed by atoms with van der Waals surface area (Å²) >= 11 is 6.00. The van der Waals surface area contributed by atoms with E-state index < -0.39 is 11.6 Å². The molecule has 1 spiro atoms. The first-order chi connectivity index (χ1) is 13.6. The molecule has 0 unspecified atom stereocenters. The van der Waals surface area contributed by atoms with Crippen LogP contribution >= 0.6 is 11.6 Å². The van der Waals surface area contributed by atoms with Crippen molar-refractivity contribution < 1.29 is 14.1 Å². The summed E-state index contributed by atoms with van der Waals surface area (Å²) in [5, 5.41) is 7.37. The third-order valence-electron chi connectivity index (χ3n) is 5.27. The van der Waals surface area contributed by atoms with Crippen molar-refractivity contribution in [3.8, 4) is 11.4 Å². The van der Waals surface area contributed by atoms with Crippen molar-refractivity contribution in [2.45, 2.75) is 24.9 Å². The fourth-order valence-electron chi connectivity index (χ4n) is 3.93. The minimum Gasteiger partial charge on any atom is -0.337 e. The Hall–Kier alpha value is -3.19. The largest absolute Gasteiger partial charge is 0.337 e. The lowest BCUT2D eigenvalue weighted by Gasteiger charge is -2.21. The Bertz CT molecular complexity index is 1110. The summed E-state index contributed by atoms with van der Waals surface area (Å²) in [6.45, 7) is -0.0812. The van der Waals surface area contributed by atoms with Crippen molar-refractivity contribution >= 4 is 23.5 Å². The molecule has 7 nitrogen and oxygen atoms in total. The molecule has 3 aromatic rings. The first-order valence-corrected chi connectivity index (χ1v) is 9.26. The molecule has 28 heavy (non-hydrogen) atoms. The molecule has 1 N–H and O–H groups in total. The standard InChI is InChI=1S/C20H15ClN4O3/c21-14-6-3-5-13(10-14)17-22-16(28-24-17)11-25-18(26)20(23-19(25)27)9-8-12-4-1-2-7-15(12)20/h1-7,10H,8-9,11H2,(H,23,27)/t20-/m1/s1. The van der Waals surface area contributed by atoms with Crippen molar-refractivity contribution in [2.24, 2.45) is 0 Å². The number of nitrogens with one attached hydrogen (secondary N) is 1. The Morgan fingerprint density at radius 2 is 2.04 bits per heavy atom. The first kappa shape index (κ1) is 16.9. The second-order valence-electron chi connectivity index (χ2n) is 6.91. The number of halogens is 1. The number of aryl methyl sites for hydroxylation is 1. The van der Waals surface area contributed by atoms with Crippen LogP contribution in [-0.2, 0) is 23.3 Å². The van der Waals surface area contributed by atoms with E-state index in [9.17, 15) is 9.59 Å². The molecule has 1 aliphatic heterocycles. The Labute approximate surface area is 165 Å². The Morgan fingerprint density at radius 1 is 1.18 bits per heavy atom. The smallest absolute Gasteiger partial charge is 0.325 e. The summed E-state index contributed by atoms with van der Waals surface area (Å²) in [4.78, 5) is 31.2. The summed E-state index contributed by atoms with van der Waals surface area (Å²) in [5.41, 5.74) is 1.64. The van der Waals surface area contributed by atoms with Crippen LogP contribution in [0.5, 0.6) is 0 Å². The van der Waals surface area contributed by atoms with Crippen LogP contribution in [0, 0.1) is 0 Å². The molecule has 3 amide bonds. The van der Waals surface area contributed by atoms with Gasteiger partial charge in [-0.05, 0) is 36.1 Å². The summed E-state index contributed by atoms with van der Waals surface area (Å²) in [5.74, 6) is 0.247. The highest BCUT2D eigenvalue weighted by atomic mass is 35.5. The molecule has 2 aliphatic rings. The maximum atomic E-state index is 13.2. The number of urea groups is 1. The molecule has 2 heterocycles. The lowest BCUT2D eigenvalue weighted by molar-refractivity contribution is -0.132. The minimum atomic E-state index is -0.997. The van der Waals surface area contributed by atoms with Crippen molar-refractivity contribution in [2.75, 3.05) is 0 Å². The number of imide groups is 1. The number of aromatic nitrogens is 2. The van der Waals surface area contributed by atoms with E-state index in [1.165, 1.54) is 0 Å². The molecular weight excluding hydrogens is 380 g/mol. The van der Waals surface area contributed by atoms with E-state index >= 15 is 0 Å². The fraction of sp³-hybridized carbons (Fsp3) is 0.200. The fourth-order valence-corrected chi connectivity index (χ4v) is 4.12. The Morgan fingerprint density at radius 3 is 2.89 bits per heavy atom. The third-order valence-corrected chi connectivity index (χ3v) is 5.50.